The van der Waals surface area contributed by atoms with Crippen LogP contribution in [-0.4, -0.2) is 34.4 Å². The molecule has 4 rings (SSSR count). The number of aromatic nitrogens is 6. The minimum absolute atomic E-state index is 0.200. The van der Waals surface area contributed by atoms with Gasteiger partial charge in [0.05, 0.1) is 12.2 Å². The first kappa shape index (κ1) is 20.3. The average molecular weight is 421 g/mol. The van der Waals surface area contributed by atoms with Crippen molar-refractivity contribution in [1.82, 2.24) is 28.5 Å². The predicted molar refractivity (Wildman–Crippen MR) is 115 cm³/mol. The molecule has 3 aromatic heterocycles. The van der Waals surface area contributed by atoms with E-state index >= 15 is 0 Å². The van der Waals surface area contributed by atoms with Gasteiger partial charge in [-0.3, -0.25) is 18.7 Å². The van der Waals surface area contributed by atoms with Gasteiger partial charge in [0.15, 0.2) is 11.2 Å². The number of hydrogen-bond acceptors (Lipinski definition) is 5. The molecule has 160 valence electrons. The van der Waals surface area contributed by atoms with Crippen LogP contribution in [0.4, 0.5) is 0 Å². The molecular weight excluding hydrogens is 398 g/mol. The first-order valence-electron chi connectivity index (χ1n) is 9.75. The molecule has 0 aliphatic rings. The van der Waals surface area contributed by atoms with Crippen molar-refractivity contribution >= 4 is 17.1 Å². The molecule has 4 aromatic rings. The molecule has 0 radical (unpaired) electrons. The molecule has 1 aromatic carbocycles. The molecular formula is C21H23N7O3. The Bertz CT molecular complexity index is 1440. The van der Waals surface area contributed by atoms with E-state index in [1.165, 1.54) is 11.6 Å². The molecule has 0 unspecified atom stereocenters. The van der Waals surface area contributed by atoms with Gasteiger partial charge in [0.1, 0.15) is 6.54 Å². The molecule has 3 heterocycles. The number of nitrogens with two attached hydrogens (primary N) is 1. The number of amides is 1. The zero-order valence-corrected chi connectivity index (χ0v) is 17.8. The molecule has 1 amide bonds. The van der Waals surface area contributed by atoms with Crippen LogP contribution in [-0.2, 0) is 24.9 Å². The van der Waals surface area contributed by atoms with Crippen molar-refractivity contribution in [3.8, 4) is 5.95 Å². The standard InChI is InChI=1S/C21H23N7O3/c1-12-5-7-15(8-6-12)10-26-17-18(23-20(26)28-14(3)9-13(2)24-28)25(4)21(31)27(19(17)30)11-16(22)29/h5-9H,10-11H2,1-4H3,(H2,22,29). The van der Waals surface area contributed by atoms with Gasteiger partial charge in [0.25, 0.3) is 5.56 Å². The van der Waals surface area contributed by atoms with Crippen molar-refractivity contribution in [2.75, 3.05) is 0 Å². The number of carbonyl (C=O) groups is 1. The van der Waals surface area contributed by atoms with E-state index in [9.17, 15) is 14.4 Å². The molecule has 10 heteroatoms. The van der Waals surface area contributed by atoms with E-state index in [1.807, 2.05) is 51.1 Å². The lowest BCUT2D eigenvalue weighted by molar-refractivity contribution is -0.118. The van der Waals surface area contributed by atoms with Gasteiger partial charge in [-0.05, 0) is 32.4 Å². The Kier molecular flexibility index (Phi) is 4.84. The summed E-state index contributed by atoms with van der Waals surface area (Å²) in [5.41, 5.74) is 8.10. The predicted octanol–water partition coefficient (Wildman–Crippen LogP) is 0.541. The van der Waals surface area contributed by atoms with Gasteiger partial charge in [-0.15, -0.1) is 0 Å². The number of hydrogen-bond donors (Lipinski definition) is 1. The molecule has 0 fully saturated rings. The van der Waals surface area contributed by atoms with Gasteiger partial charge in [-0.2, -0.15) is 10.1 Å². The minimum atomic E-state index is -0.776. The van der Waals surface area contributed by atoms with Crippen molar-refractivity contribution in [3.05, 3.63) is 73.7 Å². The number of primary amides is 1. The van der Waals surface area contributed by atoms with Crippen molar-refractivity contribution in [2.45, 2.75) is 33.9 Å². The Labute approximate surface area is 177 Å². The summed E-state index contributed by atoms with van der Waals surface area (Å²) in [7, 11) is 1.51. The molecule has 0 spiro atoms. The van der Waals surface area contributed by atoms with Crippen LogP contribution < -0.4 is 17.0 Å². The van der Waals surface area contributed by atoms with Crippen molar-refractivity contribution in [1.29, 1.82) is 0 Å². The molecule has 0 atom stereocenters. The highest BCUT2D eigenvalue weighted by Gasteiger charge is 2.23. The Balaban J connectivity index is 2.07. The number of rotatable bonds is 5. The highest BCUT2D eigenvalue weighted by molar-refractivity contribution is 5.75. The zero-order chi connectivity index (χ0) is 22.4. The van der Waals surface area contributed by atoms with Gasteiger partial charge in [0, 0.05) is 12.7 Å². The van der Waals surface area contributed by atoms with E-state index < -0.39 is 23.7 Å². The number of benzene rings is 1. The fraction of sp³-hybridized carbons (Fsp3) is 0.286. The van der Waals surface area contributed by atoms with E-state index in [4.69, 9.17) is 5.73 Å². The van der Waals surface area contributed by atoms with Crippen LogP contribution in [0.1, 0.15) is 22.5 Å². The van der Waals surface area contributed by atoms with Gasteiger partial charge in [-0.25, -0.2) is 14.0 Å². The molecule has 31 heavy (non-hydrogen) atoms. The third-order valence-corrected chi connectivity index (χ3v) is 5.19. The topological polar surface area (TPSA) is 123 Å². The summed E-state index contributed by atoms with van der Waals surface area (Å²) in [5, 5.41) is 4.51. The monoisotopic (exact) mass is 421 g/mol. The second-order valence-electron chi connectivity index (χ2n) is 7.69. The largest absolute Gasteiger partial charge is 0.368 e. The first-order valence-corrected chi connectivity index (χ1v) is 9.75. The zero-order valence-electron chi connectivity index (χ0n) is 17.8. The Hall–Kier alpha value is -3.95. The van der Waals surface area contributed by atoms with Crippen molar-refractivity contribution in [3.63, 3.8) is 0 Å². The lowest BCUT2D eigenvalue weighted by Gasteiger charge is -2.11. The highest BCUT2D eigenvalue weighted by atomic mass is 16.2. The van der Waals surface area contributed by atoms with E-state index in [1.54, 1.807) is 9.25 Å². The Morgan fingerprint density at radius 2 is 1.74 bits per heavy atom. The third kappa shape index (κ3) is 3.45. The van der Waals surface area contributed by atoms with Crippen molar-refractivity contribution in [2.24, 2.45) is 12.8 Å². The van der Waals surface area contributed by atoms with Crippen LogP contribution in [0.3, 0.4) is 0 Å². The fourth-order valence-corrected chi connectivity index (χ4v) is 3.67. The fourth-order valence-electron chi connectivity index (χ4n) is 3.67. The maximum atomic E-state index is 13.3. The quantitative estimate of drug-likeness (QED) is 0.504. The second kappa shape index (κ2) is 7.38. The Morgan fingerprint density at radius 1 is 1.06 bits per heavy atom. The first-order chi connectivity index (χ1) is 14.7. The number of aryl methyl sites for hydroxylation is 4. The summed E-state index contributed by atoms with van der Waals surface area (Å²) in [6.45, 7) is 5.57. The summed E-state index contributed by atoms with van der Waals surface area (Å²) in [4.78, 5) is 42.1. The maximum Gasteiger partial charge on any atom is 0.332 e. The summed E-state index contributed by atoms with van der Waals surface area (Å²) < 4.78 is 5.45. The van der Waals surface area contributed by atoms with Gasteiger partial charge in [0.2, 0.25) is 11.9 Å². The lowest BCUT2D eigenvalue weighted by atomic mass is 10.1. The normalized spacial score (nSPS) is 11.4. The molecule has 0 aliphatic carbocycles. The van der Waals surface area contributed by atoms with Crippen LogP contribution in [0.25, 0.3) is 17.1 Å². The van der Waals surface area contributed by atoms with Crippen LogP contribution in [0.15, 0.2) is 39.9 Å². The lowest BCUT2D eigenvalue weighted by Crippen LogP contribution is -2.42. The smallest absolute Gasteiger partial charge is 0.332 e. The highest BCUT2D eigenvalue weighted by Crippen LogP contribution is 2.19. The van der Waals surface area contributed by atoms with E-state index in [-0.39, 0.29) is 11.2 Å². The van der Waals surface area contributed by atoms with E-state index in [0.717, 1.165) is 27.1 Å². The average Bonchev–Trinajstić information content (AvgIpc) is 3.24. The van der Waals surface area contributed by atoms with Gasteiger partial charge in [-0.1, -0.05) is 29.8 Å². The molecule has 10 nitrogen and oxygen atoms in total. The van der Waals surface area contributed by atoms with Crippen molar-refractivity contribution < 1.29 is 4.79 Å². The number of fused-ring (bicyclic) bond motifs is 1. The number of carbonyl (C=O) groups excluding carboxylic acids is 1. The molecule has 0 saturated heterocycles. The maximum absolute atomic E-state index is 13.3. The number of imidazole rings is 1. The third-order valence-electron chi connectivity index (χ3n) is 5.19. The SMILES string of the molecule is Cc1ccc(Cn2c(-n3nc(C)cc3C)nc3c2c(=O)n(CC(N)=O)c(=O)n3C)cc1. The van der Waals surface area contributed by atoms with Gasteiger partial charge < -0.3 is 5.73 Å². The van der Waals surface area contributed by atoms with E-state index in [0.29, 0.717) is 12.5 Å². The van der Waals surface area contributed by atoms with Crippen LogP contribution in [0.5, 0.6) is 0 Å². The molecule has 0 bridgehead atoms. The summed E-state index contributed by atoms with van der Waals surface area (Å²) in [5.74, 6) is -0.369. The van der Waals surface area contributed by atoms with E-state index in [2.05, 4.69) is 10.1 Å². The summed E-state index contributed by atoms with van der Waals surface area (Å²) in [6.07, 6.45) is 0. The molecule has 0 aliphatic heterocycles. The van der Waals surface area contributed by atoms with Gasteiger partial charge >= 0.3 is 5.69 Å². The number of nitrogens with zero attached hydrogens (tertiary/aromatic N) is 6. The van der Waals surface area contributed by atoms with Crippen LogP contribution >= 0.6 is 0 Å². The van der Waals surface area contributed by atoms with Crippen LogP contribution in [0, 0.1) is 20.8 Å². The minimum Gasteiger partial charge on any atom is -0.368 e. The van der Waals surface area contributed by atoms with Crippen LogP contribution in [0.2, 0.25) is 0 Å². The second-order valence-corrected chi connectivity index (χ2v) is 7.69. The molecule has 2 N–H and O–H groups in total. The molecule has 0 saturated carbocycles. The summed E-state index contributed by atoms with van der Waals surface area (Å²) in [6, 6.07) is 9.81. The Morgan fingerprint density at radius 3 is 2.32 bits per heavy atom. The summed E-state index contributed by atoms with van der Waals surface area (Å²) >= 11 is 0.